The number of aliphatic hydroxyl groups excluding tert-OH is 2. The average molecular weight is 582 g/mol. The van der Waals surface area contributed by atoms with E-state index in [2.05, 4.69) is 11.9 Å². The highest BCUT2D eigenvalue weighted by Crippen LogP contribution is 2.31. The number of halogens is 4. The van der Waals surface area contributed by atoms with Crippen LogP contribution in [0.25, 0.3) is 0 Å². The average Bonchev–Trinajstić information content (AvgIpc) is 2.76. The Bertz CT molecular complexity index is 878. The van der Waals surface area contributed by atoms with E-state index in [-0.39, 0.29) is 38.0 Å². The van der Waals surface area contributed by atoms with Gasteiger partial charge >= 0.3 is 6.18 Å². The highest BCUT2D eigenvalue weighted by Gasteiger charge is 2.44. The molecule has 2 amide bonds. The minimum Gasteiger partial charge on any atom is -0.482 e. The molecule has 0 saturated carbocycles. The Morgan fingerprint density at radius 3 is 2.64 bits per heavy atom. The van der Waals surface area contributed by atoms with Gasteiger partial charge < -0.3 is 25.2 Å². The van der Waals surface area contributed by atoms with Gasteiger partial charge in [-0.1, -0.05) is 18.2 Å². The molecule has 0 heterocycles. The van der Waals surface area contributed by atoms with E-state index < -0.39 is 42.8 Å². The monoisotopic (exact) mass is 582 g/mol. The lowest BCUT2D eigenvalue weighted by Crippen LogP contribution is -2.57. The number of ether oxygens (including phenoxy) is 1. The molecule has 0 aliphatic heterocycles. The van der Waals surface area contributed by atoms with Crippen LogP contribution in [0.3, 0.4) is 0 Å². The van der Waals surface area contributed by atoms with Crippen LogP contribution in [-0.2, 0) is 9.59 Å². The van der Waals surface area contributed by atoms with E-state index in [1.54, 1.807) is 24.3 Å². The maximum atomic E-state index is 13.3. The van der Waals surface area contributed by atoms with Gasteiger partial charge in [0.1, 0.15) is 24.5 Å². The zero-order valence-corrected chi connectivity index (χ0v) is 19.9. The summed E-state index contributed by atoms with van der Waals surface area (Å²) in [5.74, 6) is -1.07. The highest BCUT2D eigenvalue weighted by molar-refractivity contribution is 14.1. The molecule has 0 bridgehead atoms. The Balaban J connectivity index is 2.42. The number of rotatable bonds is 10. The summed E-state index contributed by atoms with van der Waals surface area (Å²) < 4.78 is 46.6. The van der Waals surface area contributed by atoms with Gasteiger partial charge in [0.2, 0.25) is 11.8 Å². The molecule has 1 aromatic rings. The van der Waals surface area contributed by atoms with E-state index >= 15 is 0 Å². The van der Waals surface area contributed by atoms with E-state index in [9.17, 15) is 27.9 Å². The SMILES string of the molecule is C=CCCC(=O)N(CC(F)(F)F)C1CC(C(=O)NCCO)=CC(Oc2ccccc2I)C1O. The van der Waals surface area contributed by atoms with Crippen molar-refractivity contribution in [3.05, 3.63) is 52.1 Å². The predicted octanol–water partition coefficient (Wildman–Crippen LogP) is 2.56. The fraction of sp³-hybridized carbons (Fsp3) is 0.455. The topological polar surface area (TPSA) is 99.1 Å². The normalized spacial score (nSPS) is 20.5. The Hall–Kier alpha value is -2.12. The fourth-order valence-corrected chi connectivity index (χ4v) is 3.93. The molecule has 7 nitrogen and oxygen atoms in total. The third-order valence-electron chi connectivity index (χ3n) is 4.95. The van der Waals surface area contributed by atoms with Crippen molar-refractivity contribution >= 4 is 34.4 Å². The van der Waals surface area contributed by atoms with Crippen molar-refractivity contribution in [2.45, 2.75) is 43.7 Å². The van der Waals surface area contributed by atoms with Gasteiger partial charge in [0.25, 0.3) is 0 Å². The van der Waals surface area contributed by atoms with Crippen molar-refractivity contribution in [2.75, 3.05) is 19.7 Å². The molecule has 1 aliphatic rings. The second-order valence-corrected chi connectivity index (χ2v) is 8.57. The second kappa shape index (κ2) is 12.4. The Kier molecular flexibility index (Phi) is 10.2. The molecule has 33 heavy (non-hydrogen) atoms. The summed E-state index contributed by atoms with van der Waals surface area (Å²) in [4.78, 5) is 25.8. The summed E-state index contributed by atoms with van der Waals surface area (Å²) in [6.07, 6.45) is -5.02. The molecular weight excluding hydrogens is 556 g/mol. The number of amides is 2. The lowest BCUT2D eigenvalue weighted by Gasteiger charge is -2.40. The van der Waals surface area contributed by atoms with Crippen molar-refractivity contribution in [3.63, 3.8) is 0 Å². The number of para-hydroxylation sites is 1. The number of nitrogens with zero attached hydrogens (tertiary/aromatic N) is 1. The highest BCUT2D eigenvalue weighted by atomic mass is 127. The lowest BCUT2D eigenvalue weighted by molar-refractivity contribution is -0.172. The summed E-state index contributed by atoms with van der Waals surface area (Å²) in [5, 5.41) is 22.4. The van der Waals surface area contributed by atoms with Crippen LogP contribution in [0.4, 0.5) is 13.2 Å². The summed E-state index contributed by atoms with van der Waals surface area (Å²) >= 11 is 2.01. The number of hydrogen-bond acceptors (Lipinski definition) is 5. The number of nitrogens with one attached hydrogen (secondary N) is 1. The molecule has 2 rings (SSSR count). The summed E-state index contributed by atoms with van der Waals surface area (Å²) in [6, 6.07) is 5.48. The molecule has 11 heteroatoms. The van der Waals surface area contributed by atoms with Gasteiger partial charge in [0.05, 0.1) is 16.2 Å². The summed E-state index contributed by atoms with van der Waals surface area (Å²) in [5.41, 5.74) is 0.0541. The molecule has 1 aromatic carbocycles. The third-order valence-corrected chi connectivity index (χ3v) is 5.84. The van der Waals surface area contributed by atoms with Crippen molar-refractivity contribution in [1.82, 2.24) is 10.2 Å². The molecule has 0 fully saturated rings. The standard InChI is InChI=1S/C22H26F3IN2O5/c1-2-3-8-19(30)28(13-22(23,24)25)16-11-14(21(32)27-9-10-29)12-18(20(16)31)33-17-7-5-4-6-15(17)26/h2,4-7,12,16,18,20,29,31H,1,3,8-11,13H2,(H,27,32). The smallest absolute Gasteiger partial charge is 0.406 e. The number of allylic oxidation sites excluding steroid dienone is 1. The second-order valence-electron chi connectivity index (χ2n) is 7.41. The zero-order valence-electron chi connectivity index (χ0n) is 17.7. The van der Waals surface area contributed by atoms with Crippen LogP contribution in [0, 0.1) is 3.57 Å². The Morgan fingerprint density at radius 1 is 1.33 bits per heavy atom. The van der Waals surface area contributed by atoms with Crippen molar-refractivity contribution in [3.8, 4) is 5.75 Å². The molecule has 0 radical (unpaired) electrons. The number of alkyl halides is 3. The van der Waals surface area contributed by atoms with Crippen LogP contribution < -0.4 is 10.1 Å². The largest absolute Gasteiger partial charge is 0.482 e. The van der Waals surface area contributed by atoms with Gasteiger partial charge in [0, 0.05) is 25.0 Å². The van der Waals surface area contributed by atoms with Gasteiger partial charge in [-0.15, -0.1) is 6.58 Å². The van der Waals surface area contributed by atoms with Crippen LogP contribution >= 0.6 is 22.6 Å². The first-order valence-electron chi connectivity index (χ1n) is 10.2. The van der Waals surface area contributed by atoms with Crippen molar-refractivity contribution in [1.29, 1.82) is 0 Å². The maximum absolute atomic E-state index is 13.3. The predicted molar refractivity (Wildman–Crippen MR) is 123 cm³/mol. The van der Waals surface area contributed by atoms with Crippen LogP contribution in [0.1, 0.15) is 19.3 Å². The molecule has 0 spiro atoms. The first-order valence-corrected chi connectivity index (χ1v) is 11.3. The van der Waals surface area contributed by atoms with Gasteiger partial charge in [-0.2, -0.15) is 13.2 Å². The first kappa shape index (κ1) is 27.1. The first-order chi connectivity index (χ1) is 15.6. The van der Waals surface area contributed by atoms with E-state index in [0.29, 0.717) is 14.2 Å². The molecule has 3 N–H and O–H groups in total. The van der Waals surface area contributed by atoms with Crippen molar-refractivity contribution in [2.24, 2.45) is 0 Å². The molecule has 1 aliphatic carbocycles. The van der Waals surface area contributed by atoms with Crippen LogP contribution in [-0.4, -0.2) is 71.0 Å². The number of benzene rings is 1. The molecule has 0 saturated heterocycles. The number of carbonyl (C=O) groups excluding carboxylic acids is 2. The molecular formula is C22H26F3IN2O5. The van der Waals surface area contributed by atoms with E-state index in [1.807, 2.05) is 22.6 Å². The number of carbonyl (C=O) groups is 2. The Labute approximate surface area is 203 Å². The third kappa shape index (κ3) is 8.00. The minimum atomic E-state index is -4.71. The Morgan fingerprint density at radius 2 is 2.03 bits per heavy atom. The van der Waals surface area contributed by atoms with Crippen LogP contribution in [0.2, 0.25) is 0 Å². The summed E-state index contributed by atoms with van der Waals surface area (Å²) in [7, 11) is 0. The van der Waals surface area contributed by atoms with E-state index in [4.69, 9.17) is 9.84 Å². The van der Waals surface area contributed by atoms with Gasteiger partial charge in [-0.3, -0.25) is 9.59 Å². The maximum Gasteiger partial charge on any atom is 0.406 e. The van der Waals surface area contributed by atoms with Gasteiger partial charge in [-0.05, 0) is 47.2 Å². The van der Waals surface area contributed by atoms with Gasteiger partial charge in [-0.25, -0.2) is 0 Å². The van der Waals surface area contributed by atoms with E-state index in [1.165, 1.54) is 12.2 Å². The fourth-order valence-electron chi connectivity index (χ4n) is 3.42. The van der Waals surface area contributed by atoms with Crippen LogP contribution in [0.5, 0.6) is 5.75 Å². The number of hydrogen-bond donors (Lipinski definition) is 3. The quantitative estimate of drug-likeness (QED) is 0.291. The molecule has 3 unspecified atom stereocenters. The zero-order chi connectivity index (χ0) is 24.6. The summed E-state index contributed by atoms with van der Waals surface area (Å²) in [6.45, 7) is 1.52. The molecule has 0 aromatic heterocycles. The van der Waals surface area contributed by atoms with Crippen molar-refractivity contribution < 1.29 is 37.7 Å². The van der Waals surface area contributed by atoms with E-state index in [0.717, 1.165) is 0 Å². The molecule has 182 valence electrons. The van der Waals surface area contributed by atoms with Gasteiger partial charge in [0.15, 0.2) is 0 Å². The minimum absolute atomic E-state index is 0.0541. The lowest BCUT2D eigenvalue weighted by atomic mass is 9.88. The molecule has 3 atom stereocenters. The van der Waals surface area contributed by atoms with Crippen LogP contribution in [0.15, 0.2) is 48.6 Å². The number of aliphatic hydroxyl groups is 2.